The SMILES string of the molecule is CCN(CC)c1ccc2c(c1)Oc1cc(N(CC)CC)ccc1N2C(=S)Oc1ccc(Br)cc1. The second-order valence-corrected chi connectivity index (χ2v) is 9.17. The largest absolute Gasteiger partial charge is 0.453 e. The zero-order chi connectivity index (χ0) is 24.2. The molecule has 3 aromatic carbocycles. The average molecular weight is 541 g/mol. The molecule has 0 aliphatic carbocycles. The lowest BCUT2D eigenvalue weighted by molar-refractivity contribution is 0.473. The molecule has 0 radical (unpaired) electrons. The summed E-state index contributed by atoms with van der Waals surface area (Å²) in [5, 5.41) is 0.347. The Morgan fingerprint density at radius 2 is 1.26 bits per heavy atom. The van der Waals surface area contributed by atoms with Crippen LogP contribution in [-0.2, 0) is 0 Å². The number of anilines is 4. The van der Waals surface area contributed by atoms with Crippen LogP contribution in [0.5, 0.6) is 17.2 Å². The van der Waals surface area contributed by atoms with E-state index in [0.717, 1.165) is 64.9 Å². The van der Waals surface area contributed by atoms with E-state index in [4.69, 9.17) is 21.7 Å². The molecule has 0 N–H and O–H groups in total. The van der Waals surface area contributed by atoms with E-state index in [1.807, 2.05) is 29.2 Å². The van der Waals surface area contributed by atoms with Crippen molar-refractivity contribution < 1.29 is 9.47 Å². The number of hydrogen-bond acceptors (Lipinski definition) is 5. The summed E-state index contributed by atoms with van der Waals surface area (Å²) in [5.41, 5.74) is 3.96. The number of thiocarbonyl (C=S) groups is 1. The highest BCUT2D eigenvalue weighted by Crippen LogP contribution is 2.49. The van der Waals surface area contributed by atoms with Gasteiger partial charge < -0.3 is 19.3 Å². The van der Waals surface area contributed by atoms with Crippen LogP contribution in [0.3, 0.4) is 0 Å². The van der Waals surface area contributed by atoms with Crippen molar-refractivity contribution in [3.05, 3.63) is 65.1 Å². The Morgan fingerprint density at radius 3 is 1.71 bits per heavy atom. The zero-order valence-electron chi connectivity index (χ0n) is 20.0. The van der Waals surface area contributed by atoms with Crippen LogP contribution in [-0.4, -0.2) is 31.4 Å². The van der Waals surface area contributed by atoms with Crippen LogP contribution in [0, 0.1) is 0 Å². The molecule has 178 valence electrons. The van der Waals surface area contributed by atoms with E-state index < -0.39 is 0 Å². The molecule has 0 saturated heterocycles. The summed E-state index contributed by atoms with van der Waals surface area (Å²) in [6.07, 6.45) is 0. The Morgan fingerprint density at radius 1 is 0.794 bits per heavy atom. The fraction of sp³-hybridized carbons (Fsp3) is 0.296. The zero-order valence-corrected chi connectivity index (χ0v) is 22.4. The van der Waals surface area contributed by atoms with Gasteiger partial charge in [0.15, 0.2) is 11.5 Å². The summed E-state index contributed by atoms with van der Waals surface area (Å²) in [4.78, 5) is 6.56. The number of nitrogens with zero attached hydrogens (tertiary/aromatic N) is 3. The first-order valence-corrected chi connectivity index (χ1v) is 12.9. The number of halogens is 1. The van der Waals surface area contributed by atoms with Crippen molar-refractivity contribution in [3.63, 3.8) is 0 Å². The first-order valence-electron chi connectivity index (χ1n) is 11.7. The Kier molecular flexibility index (Phi) is 7.63. The lowest BCUT2D eigenvalue weighted by atomic mass is 10.1. The third-order valence-electron chi connectivity index (χ3n) is 6.05. The standard InChI is InChI=1S/C27H30BrN3O2S/c1-5-29(6-2)20-11-15-23-25(17-20)33-26-18-21(30(7-3)8-4)12-16-24(26)31(23)27(34)32-22-13-9-19(28)10-14-22/h9-18H,5-8H2,1-4H3. The van der Waals surface area contributed by atoms with Gasteiger partial charge in [-0.25, -0.2) is 0 Å². The molecule has 4 rings (SSSR count). The van der Waals surface area contributed by atoms with Gasteiger partial charge in [0.1, 0.15) is 5.75 Å². The molecule has 1 heterocycles. The van der Waals surface area contributed by atoms with Crippen molar-refractivity contribution >= 4 is 56.1 Å². The fourth-order valence-corrected chi connectivity index (χ4v) is 4.76. The summed E-state index contributed by atoms with van der Waals surface area (Å²) < 4.78 is 13.6. The van der Waals surface area contributed by atoms with E-state index in [1.165, 1.54) is 0 Å². The molecule has 1 aliphatic heterocycles. The monoisotopic (exact) mass is 539 g/mol. The van der Waals surface area contributed by atoms with Crippen molar-refractivity contribution in [1.82, 2.24) is 0 Å². The molecule has 0 bridgehead atoms. The van der Waals surface area contributed by atoms with E-state index >= 15 is 0 Å². The number of hydrogen-bond donors (Lipinski definition) is 0. The van der Waals surface area contributed by atoms with Crippen LogP contribution in [0.2, 0.25) is 0 Å². The van der Waals surface area contributed by atoms with Gasteiger partial charge in [-0.15, -0.1) is 0 Å². The quantitative estimate of drug-likeness (QED) is 0.285. The number of fused-ring (bicyclic) bond motifs is 2. The molecule has 0 fully saturated rings. The van der Waals surface area contributed by atoms with Gasteiger partial charge in [-0.1, -0.05) is 15.9 Å². The lowest BCUT2D eigenvalue weighted by Crippen LogP contribution is -2.31. The topological polar surface area (TPSA) is 28.2 Å². The van der Waals surface area contributed by atoms with E-state index in [2.05, 4.69) is 89.8 Å². The molecule has 0 amide bonds. The predicted molar refractivity (Wildman–Crippen MR) is 150 cm³/mol. The fourth-order valence-electron chi connectivity index (χ4n) is 4.20. The summed E-state index contributed by atoms with van der Waals surface area (Å²) in [6, 6.07) is 20.2. The molecule has 7 heteroatoms. The smallest absolute Gasteiger partial charge is 0.274 e. The van der Waals surface area contributed by atoms with Crippen molar-refractivity contribution in [3.8, 4) is 17.2 Å². The minimum atomic E-state index is 0.347. The molecule has 3 aromatic rings. The van der Waals surface area contributed by atoms with E-state index in [-0.39, 0.29) is 0 Å². The molecule has 34 heavy (non-hydrogen) atoms. The Balaban J connectivity index is 1.77. The minimum Gasteiger partial charge on any atom is -0.453 e. The first-order chi connectivity index (χ1) is 16.5. The number of ether oxygens (including phenoxy) is 2. The third kappa shape index (κ3) is 4.86. The van der Waals surface area contributed by atoms with Crippen LogP contribution in [0.15, 0.2) is 65.1 Å². The minimum absolute atomic E-state index is 0.347. The van der Waals surface area contributed by atoms with Crippen LogP contribution in [0.4, 0.5) is 22.7 Å². The van der Waals surface area contributed by atoms with Gasteiger partial charge in [-0.05, 0) is 88.4 Å². The molecule has 0 aromatic heterocycles. The molecule has 5 nitrogen and oxygen atoms in total. The Labute approximate surface area is 216 Å². The van der Waals surface area contributed by atoms with E-state index in [0.29, 0.717) is 10.9 Å². The molecule has 0 unspecified atom stereocenters. The van der Waals surface area contributed by atoms with Gasteiger partial charge in [0.2, 0.25) is 0 Å². The summed E-state index contributed by atoms with van der Waals surface area (Å²) in [5.74, 6) is 2.20. The van der Waals surface area contributed by atoms with Crippen LogP contribution in [0.25, 0.3) is 0 Å². The van der Waals surface area contributed by atoms with Gasteiger partial charge in [-0.2, -0.15) is 0 Å². The summed E-state index contributed by atoms with van der Waals surface area (Å²) in [7, 11) is 0. The summed E-state index contributed by atoms with van der Waals surface area (Å²) in [6.45, 7) is 12.3. The second-order valence-electron chi connectivity index (χ2n) is 7.91. The van der Waals surface area contributed by atoms with E-state index in [1.54, 1.807) is 0 Å². The van der Waals surface area contributed by atoms with Gasteiger partial charge in [-0.3, -0.25) is 4.90 Å². The van der Waals surface area contributed by atoms with Crippen molar-refractivity contribution in [2.45, 2.75) is 27.7 Å². The van der Waals surface area contributed by atoms with Gasteiger partial charge in [0.25, 0.3) is 5.17 Å². The van der Waals surface area contributed by atoms with Crippen LogP contribution in [0.1, 0.15) is 27.7 Å². The number of benzene rings is 3. The lowest BCUT2D eigenvalue weighted by Gasteiger charge is -2.34. The van der Waals surface area contributed by atoms with Crippen LogP contribution < -0.4 is 24.2 Å². The predicted octanol–water partition coefficient (Wildman–Crippen LogP) is 7.75. The van der Waals surface area contributed by atoms with Gasteiger partial charge >= 0.3 is 0 Å². The summed E-state index contributed by atoms with van der Waals surface area (Å²) >= 11 is 9.28. The Bertz CT molecular complexity index is 1100. The first kappa shape index (κ1) is 24.4. The molecule has 0 saturated carbocycles. The van der Waals surface area contributed by atoms with Crippen molar-refractivity contribution in [2.75, 3.05) is 40.9 Å². The maximum atomic E-state index is 6.47. The molecule has 0 spiro atoms. The third-order valence-corrected chi connectivity index (χ3v) is 6.84. The molecule has 1 aliphatic rings. The molecular weight excluding hydrogens is 510 g/mol. The highest BCUT2D eigenvalue weighted by atomic mass is 79.9. The maximum Gasteiger partial charge on any atom is 0.274 e. The van der Waals surface area contributed by atoms with Gasteiger partial charge in [0.05, 0.1) is 11.4 Å². The average Bonchev–Trinajstić information content (AvgIpc) is 2.85. The second kappa shape index (κ2) is 10.7. The van der Waals surface area contributed by atoms with Crippen LogP contribution >= 0.6 is 28.1 Å². The highest BCUT2D eigenvalue weighted by molar-refractivity contribution is 9.10. The number of rotatable bonds is 7. The highest BCUT2D eigenvalue weighted by Gasteiger charge is 2.30. The van der Waals surface area contributed by atoms with Crippen molar-refractivity contribution in [1.29, 1.82) is 0 Å². The Hall–Kier alpha value is -2.77. The normalized spacial score (nSPS) is 11.9. The molecule has 0 atom stereocenters. The van der Waals surface area contributed by atoms with Crippen molar-refractivity contribution in [2.24, 2.45) is 0 Å². The van der Waals surface area contributed by atoms with E-state index in [9.17, 15) is 0 Å². The maximum absolute atomic E-state index is 6.47. The molecular formula is C27H30BrN3O2S. The van der Waals surface area contributed by atoms with Gasteiger partial charge in [0, 0.05) is 54.2 Å².